The first-order valence-corrected chi connectivity index (χ1v) is 8.83. The van der Waals surface area contributed by atoms with E-state index in [9.17, 15) is 9.59 Å². The highest BCUT2D eigenvalue weighted by atomic mass is 35.5. The number of rotatable bonds is 3. The Labute approximate surface area is 145 Å². The maximum atomic E-state index is 12.7. The lowest BCUT2D eigenvalue weighted by Crippen LogP contribution is -2.48. The van der Waals surface area contributed by atoms with Crippen molar-refractivity contribution in [2.45, 2.75) is 13.0 Å². The third kappa shape index (κ3) is 3.40. The van der Waals surface area contributed by atoms with Gasteiger partial charge in [0.1, 0.15) is 9.88 Å². The van der Waals surface area contributed by atoms with Crippen LogP contribution in [0.25, 0.3) is 9.88 Å². The number of thiophene rings is 1. The van der Waals surface area contributed by atoms with Gasteiger partial charge in [0.05, 0.1) is 28.1 Å². The van der Waals surface area contributed by atoms with E-state index in [-0.39, 0.29) is 19.1 Å². The average molecular weight is 373 g/mol. The lowest BCUT2D eigenvalue weighted by atomic mass is 10.2. The van der Waals surface area contributed by atoms with Gasteiger partial charge < -0.3 is 14.7 Å². The van der Waals surface area contributed by atoms with Gasteiger partial charge in [-0.1, -0.05) is 11.6 Å². The minimum absolute atomic E-state index is 0.0473. The number of hydrogen-bond acceptors (Lipinski definition) is 6. The van der Waals surface area contributed by atoms with Crippen LogP contribution in [0, 0.1) is 6.92 Å². The van der Waals surface area contributed by atoms with Crippen LogP contribution in [-0.4, -0.2) is 52.7 Å². The summed E-state index contributed by atoms with van der Waals surface area (Å²) in [5.41, 5.74) is 0.637. The number of thiazole rings is 1. The molecule has 0 saturated carbocycles. The summed E-state index contributed by atoms with van der Waals surface area (Å²) in [5.74, 6) is -1.26. The second-order valence-corrected chi connectivity index (χ2v) is 7.70. The summed E-state index contributed by atoms with van der Waals surface area (Å²) >= 11 is 8.64. The van der Waals surface area contributed by atoms with Gasteiger partial charge in [-0.2, -0.15) is 0 Å². The Morgan fingerprint density at radius 2 is 2.22 bits per heavy atom. The summed E-state index contributed by atoms with van der Waals surface area (Å²) in [6.45, 7) is 2.41. The Kier molecular flexibility index (Phi) is 4.67. The molecule has 0 aliphatic carbocycles. The quantitative estimate of drug-likeness (QED) is 0.896. The van der Waals surface area contributed by atoms with Crippen molar-refractivity contribution in [2.75, 3.05) is 19.7 Å². The first kappa shape index (κ1) is 16.4. The SMILES string of the molecule is Cc1nc(-c2ccc(Cl)s2)sc1C(=O)N1CCOC(C(=O)O)C1. The lowest BCUT2D eigenvalue weighted by Gasteiger charge is -2.30. The molecule has 0 aromatic carbocycles. The van der Waals surface area contributed by atoms with E-state index < -0.39 is 12.1 Å². The van der Waals surface area contributed by atoms with E-state index >= 15 is 0 Å². The van der Waals surface area contributed by atoms with E-state index in [0.29, 0.717) is 21.5 Å². The monoisotopic (exact) mass is 372 g/mol. The number of morpholine rings is 1. The Hall–Kier alpha value is -1.48. The van der Waals surface area contributed by atoms with Gasteiger partial charge in [0.15, 0.2) is 6.10 Å². The highest BCUT2D eigenvalue weighted by molar-refractivity contribution is 7.24. The number of carbonyl (C=O) groups is 2. The predicted molar refractivity (Wildman–Crippen MR) is 88.5 cm³/mol. The number of carboxylic acids is 1. The molecule has 1 aliphatic heterocycles. The minimum atomic E-state index is -1.06. The first-order valence-electron chi connectivity index (χ1n) is 6.82. The number of ether oxygens (including phenoxy) is 1. The van der Waals surface area contributed by atoms with Gasteiger partial charge in [0.25, 0.3) is 5.91 Å². The molecule has 1 atom stereocenters. The molecule has 2 aromatic heterocycles. The van der Waals surface area contributed by atoms with Gasteiger partial charge >= 0.3 is 5.97 Å². The Morgan fingerprint density at radius 1 is 1.43 bits per heavy atom. The standard InChI is InChI=1S/C14H13ClN2O4S2/c1-7-11(23-12(16-7)9-2-3-10(15)22-9)13(18)17-4-5-21-8(6-17)14(19)20/h2-3,8H,4-6H2,1H3,(H,19,20). The molecular weight excluding hydrogens is 360 g/mol. The molecular formula is C14H13ClN2O4S2. The van der Waals surface area contributed by atoms with Crippen LogP contribution in [0.1, 0.15) is 15.4 Å². The molecule has 3 rings (SSSR count). The van der Waals surface area contributed by atoms with Crippen molar-refractivity contribution in [3.8, 4) is 9.88 Å². The van der Waals surface area contributed by atoms with Crippen molar-refractivity contribution in [1.29, 1.82) is 0 Å². The third-order valence-corrected chi connectivity index (χ3v) is 5.95. The van der Waals surface area contributed by atoms with Crippen LogP contribution >= 0.6 is 34.3 Å². The number of aromatic nitrogens is 1. The highest BCUT2D eigenvalue weighted by Crippen LogP contribution is 2.35. The Morgan fingerprint density at radius 3 is 2.87 bits per heavy atom. The molecule has 1 N–H and O–H groups in total. The van der Waals surface area contributed by atoms with Crippen LogP contribution in [0.2, 0.25) is 4.34 Å². The molecule has 1 amide bonds. The molecule has 1 aliphatic rings. The molecule has 1 unspecified atom stereocenters. The number of hydrogen-bond donors (Lipinski definition) is 1. The summed E-state index contributed by atoms with van der Waals surface area (Å²) < 4.78 is 5.81. The van der Waals surface area contributed by atoms with Crippen LogP contribution in [0.4, 0.5) is 0 Å². The van der Waals surface area contributed by atoms with Crippen LogP contribution in [0.15, 0.2) is 12.1 Å². The van der Waals surface area contributed by atoms with E-state index in [1.807, 2.05) is 6.07 Å². The normalized spacial score (nSPS) is 18.2. The van der Waals surface area contributed by atoms with E-state index in [1.54, 1.807) is 13.0 Å². The maximum absolute atomic E-state index is 12.7. The first-order chi connectivity index (χ1) is 11.0. The van der Waals surface area contributed by atoms with Crippen LogP contribution < -0.4 is 0 Å². The van der Waals surface area contributed by atoms with Crippen molar-refractivity contribution in [2.24, 2.45) is 0 Å². The number of carboxylic acid groups (broad SMARTS) is 1. The number of aryl methyl sites for hydroxylation is 1. The van der Waals surface area contributed by atoms with Crippen molar-refractivity contribution >= 4 is 46.2 Å². The van der Waals surface area contributed by atoms with Crippen LogP contribution in [-0.2, 0) is 9.53 Å². The zero-order valence-electron chi connectivity index (χ0n) is 12.1. The zero-order chi connectivity index (χ0) is 16.6. The molecule has 9 heteroatoms. The van der Waals surface area contributed by atoms with E-state index in [2.05, 4.69) is 4.98 Å². The fourth-order valence-corrected chi connectivity index (χ4v) is 4.39. The Bertz CT molecular complexity index is 758. The average Bonchev–Trinajstić information content (AvgIpc) is 3.12. The van der Waals surface area contributed by atoms with Crippen molar-refractivity contribution in [3.63, 3.8) is 0 Å². The fourth-order valence-electron chi connectivity index (χ4n) is 2.26. The van der Waals surface area contributed by atoms with Crippen LogP contribution in [0.5, 0.6) is 0 Å². The molecule has 1 fully saturated rings. The molecule has 3 heterocycles. The topological polar surface area (TPSA) is 79.7 Å². The summed E-state index contributed by atoms with van der Waals surface area (Å²) in [6.07, 6.45) is -0.975. The smallest absolute Gasteiger partial charge is 0.334 e. The third-order valence-electron chi connectivity index (χ3n) is 3.40. The molecule has 0 radical (unpaired) electrons. The largest absolute Gasteiger partial charge is 0.479 e. The zero-order valence-corrected chi connectivity index (χ0v) is 14.5. The van der Waals surface area contributed by atoms with Crippen molar-refractivity contribution < 1.29 is 19.4 Å². The fraction of sp³-hybridized carbons (Fsp3) is 0.357. The van der Waals surface area contributed by atoms with Gasteiger partial charge in [-0.15, -0.1) is 22.7 Å². The molecule has 0 spiro atoms. The molecule has 23 heavy (non-hydrogen) atoms. The van der Waals surface area contributed by atoms with E-state index in [0.717, 1.165) is 9.88 Å². The molecule has 1 saturated heterocycles. The highest BCUT2D eigenvalue weighted by Gasteiger charge is 2.31. The van der Waals surface area contributed by atoms with E-state index in [1.165, 1.54) is 27.6 Å². The number of halogens is 1. The number of aliphatic carboxylic acids is 1. The summed E-state index contributed by atoms with van der Waals surface area (Å²) in [5, 5.41) is 9.78. The van der Waals surface area contributed by atoms with Gasteiger partial charge in [-0.05, 0) is 19.1 Å². The van der Waals surface area contributed by atoms with Gasteiger partial charge in [0.2, 0.25) is 0 Å². The number of carbonyl (C=O) groups excluding carboxylic acids is 1. The maximum Gasteiger partial charge on any atom is 0.334 e. The second kappa shape index (κ2) is 6.56. The number of nitrogens with zero attached hydrogens (tertiary/aromatic N) is 2. The van der Waals surface area contributed by atoms with Crippen molar-refractivity contribution in [3.05, 3.63) is 27.0 Å². The minimum Gasteiger partial charge on any atom is -0.479 e. The van der Waals surface area contributed by atoms with Gasteiger partial charge in [0, 0.05) is 6.54 Å². The lowest BCUT2D eigenvalue weighted by molar-refractivity contribution is -0.154. The molecule has 0 bridgehead atoms. The van der Waals surface area contributed by atoms with Gasteiger partial charge in [-0.3, -0.25) is 4.79 Å². The molecule has 6 nitrogen and oxygen atoms in total. The van der Waals surface area contributed by atoms with Crippen LogP contribution in [0.3, 0.4) is 0 Å². The summed E-state index contributed by atoms with van der Waals surface area (Å²) in [4.78, 5) is 31.1. The van der Waals surface area contributed by atoms with Crippen molar-refractivity contribution in [1.82, 2.24) is 9.88 Å². The molecule has 2 aromatic rings. The van der Waals surface area contributed by atoms with Gasteiger partial charge in [-0.25, -0.2) is 9.78 Å². The predicted octanol–water partition coefficient (Wildman–Crippen LogP) is 2.76. The summed E-state index contributed by atoms with van der Waals surface area (Å²) in [6, 6.07) is 3.66. The number of amides is 1. The molecule has 122 valence electrons. The second-order valence-electron chi connectivity index (χ2n) is 4.99. The Balaban J connectivity index is 1.82. The summed E-state index contributed by atoms with van der Waals surface area (Å²) in [7, 11) is 0. The van der Waals surface area contributed by atoms with E-state index in [4.69, 9.17) is 21.4 Å².